The summed E-state index contributed by atoms with van der Waals surface area (Å²) >= 11 is 0. The number of halogens is 3. The van der Waals surface area contributed by atoms with Crippen molar-refractivity contribution in [3.05, 3.63) is 59.5 Å². The van der Waals surface area contributed by atoms with Crippen LogP contribution >= 0.6 is 0 Å². The smallest absolute Gasteiger partial charge is 0.337 e. The highest BCUT2D eigenvalue weighted by Gasteiger charge is 2.37. The second-order valence-electron chi connectivity index (χ2n) is 9.07. The zero-order chi connectivity index (χ0) is 24.0. The summed E-state index contributed by atoms with van der Waals surface area (Å²) in [6.45, 7) is 1.33. The first-order valence-electron chi connectivity index (χ1n) is 11.3. The number of aromatic nitrogens is 4. The number of hydrogen-bond donors (Lipinski definition) is 0. The highest BCUT2D eigenvalue weighted by atomic mass is 19.4. The van der Waals surface area contributed by atoms with Crippen molar-refractivity contribution in [1.29, 1.82) is 0 Å². The molecule has 0 unspecified atom stereocenters. The van der Waals surface area contributed by atoms with Crippen LogP contribution in [0.3, 0.4) is 0 Å². The molecule has 3 heterocycles. The number of carbonyl (C=O) groups is 1. The Kier molecular flexibility index (Phi) is 5.63. The van der Waals surface area contributed by atoms with Gasteiger partial charge in [0.2, 0.25) is 0 Å². The summed E-state index contributed by atoms with van der Waals surface area (Å²) in [6.07, 6.45) is 1.21. The molecule has 1 atom stereocenters. The van der Waals surface area contributed by atoms with Crippen LogP contribution < -0.4 is 0 Å². The first kappa shape index (κ1) is 22.5. The van der Waals surface area contributed by atoms with E-state index in [-0.39, 0.29) is 29.0 Å². The van der Waals surface area contributed by atoms with Crippen LogP contribution in [0.4, 0.5) is 13.2 Å². The lowest BCUT2D eigenvalue weighted by Crippen LogP contribution is -2.34. The van der Waals surface area contributed by atoms with Gasteiger partial charge in [0.05, 0.1) is 28.7 Å². The maximum absolute atomic E-state index is 13.5. The number of nitrogens with zero attached hydrogens (tertiary/aromatic N) is 6. The van der Waals surface area contributed by atoms with E-state index < -0.39 is 11.7 Å². The molecule has 3 aromatic rings. The summed E-state index contributed by atoms with van der Waals surface area (Å²) in [7, 11) is 4.02. The van der Waals surface area contributed by atoms with Gasteiger partial charge in [0, 0.05) is 36.8 Å². The molecule has 0 N–H and O–H groups in total. The number of carbonyl (C=O) groups excluding carboxylic acids is 1. The van der Waals surface area contributed by atoms with Gasteiger partial charge in [0.25, 0.3) is 11.9 Å². The summed E-state index contributed by atoms with van der Waals surface area (Å²) in [5.41, 5.74) is 0.618. The molecule has 0 spiro atoms. The molecule has 2 fully saturated rings. The molecule has 1 saturated heterocycles. The molecule has 10 heteroatoms. The predicted molar refractivity (Wildman–Crippen MR) is 120 cm³/mol. The van der Waals surface area contributed by atoms with Gasteiger partial charge in [0.1, 0.15) is 0 Å². The number of likely N-dealkylation sites (N-methyl/N-ethyl adjacent to an activating group) is 1. The van der Waals surface area contributed by atoms with Crippen molar-refractivity contribution in [3.8, 4) is 17.2 Å². The second-order valence-corrected chi connectivity index (χ2v) is 9.07. The molecule has 34 heavy (non-hydrogen) atoms. The second kappa shape index (κ2) is 8.50. The Morgan fingerprint density at radius 1 is 1.12 bits per heavy atom. The largest absolute Gasteiger partial charge is 0.417 e. The minimum absolute atomic E-state index is 0.0260. The van der Waals surface area contributed by atoms with Crippen LogP contribution in [0, 0.1) is 0 Å². The van der Waals surface area contributed by atoms with Crippen LogP contribution in [0.15, 0.2) is 42.7 Å². The highest BCUT2D eigenvalue weighted by Crippen LogP contribution is 2.43. The first-order valence-corrected chi connectivity index (χ1v) is 11.3. The molecule has 0 radical (unpaired) electrons. The summed E-state index contributed by atoms with van der Waals surface area (Å²) < 4.78 is 42.2. The normalized spacial score (nSPS) is 18.6. The van der Waals surface area contributed by atoms with Gasteiger partial charge in [-0.15, -0.1) is 0 Å². The van der Waals surface area contributed by atoms with E-state index in [1.165, 1.54) is 29.1 Å². The standard InChI is InChI=1S/C24H25F3N6O/c1-31(2)16-10-12-32(14-16)22(34)18-13-29-33(21(18)15-7-8-15)23-28-11-9-20(30-23)17-5-3-4-6-19(17)24(25,26)27/h3-6,9,11,13,15-16H,7-8,10,12,14H2,1-2H3/t16-/m1/s1. The van der Waals surface area contributed by atoms with Gasteiger partial charge in [-0.1, -0.05) is 18.2 Å². The quantitative estimate of drug-likeness (QED) is 0.564. The fraction of sp³-hybridized carbons (Fsp3) is 0.417. The van der Waals surface area contributed by atoms with Gasteiger partial charge in [0.15, 0.2) is 0 Å². The Bertz CT molecular complexity index is 1220. The minimum Gasteiger partial charge on any atom is -0.337 e. The summed E-state index contributed by atoms with van der Waals surface area (Å²) in [4.78, 5) is 26.0. The molecule has 5 rings (SSSR count). The molecule has 2 aromatic heterocycles. The Hall–Kier alpha value is -3.27. The average molecular weight is 470 g/mol. The van der Waals surface area contributed by atoms with Crippen molar-refractivity contribution in [3.63, 3.8) is 0 Å². The molecule has 1 saturated carbocycles. The predicted octanol–water partition coefficient (Wildman–Crippen LogP) is 4.00. The summed E-state index contributed by atoms with van der Waals surface area (Å²) in [5, 5.41) is 4.41. The molecule has 1 aromatic carbocycles. The lowest BCUT2D eigenvalue weighted by molar-refractivity contribution is -0.137. The van der Waals surface area contributed by atoms with E-state index in [0.29, 0.717) is 24.7 Å². The minimum atomic E-state index is -4.51. The molecular weight excluding hydrogens is 445 g/mol. The van der Waals surface area contributed by atoms with Gasteiger partial charge in [-0.3, -0.25) is 4.79 Å². The van der Waals surface area contributed by atoms with Crippen molar-refractivity contribution in [2.75, 3.05) is 27.2 Å². The van der Waals surface area contributed by atoms with Crippen LogP contribution in [-0.2, 0) is 6.18 Å². The van der Waals surface area contributed by atoms with E-state index in [0.717, 1.165) is 31.0 Å². The van der Waals surface area contributed by atoms with E-state index in [9.17, 15) is 18.0 Å². The Balaban J connectivity index is 1.51. The van der Waals surface area contributed by atoms with Gasteiger partial charge < -0.3 is 9.80 Å². The van der Waals surface area contributed by atoms with Gasteiger partial charge >= 0.3 is 6.18 Å². The van der Waals surface area contributed by atoms with Gasteiger partial charge in [-0.05, 0) is 45.5 Å². The Morgan fingerprint density at radius 2 is 1.88 bits per heavy atom. The summed E-state index contributed by atoms with van der Waals surface area (Å²) in [6, 6.07) is 7.09. The number of alkyl halides is 3. The fourth-order valence-electron chi connectivity index (χ4n) is 4.50. The zero-order valence-corrected chi connectivity index (χ0v) is 19.0. The maximum Gasteiger partial charge on any atom is 0.417 e. The molecule has 2 aliphatic rings. The van der Waals surface area contributed by atoms with Crippen molar-refractivity contribution >= 4 is 5.91 Å². The maximum atomic E-state index is 13.5. The Morgan fingerprint density at radius 3 is 2.56 bits per heavy atom. The van der Waals surface area contributed by atoms with Crippen molar-refractivity contribution in [2.24, 2.45) is 0 Å². The molecule has 1 aliphatic carbocycles. The lowest BCUT2D eigenvalue weighted by atomic mass is 10.0. The van der Waals surface area contributed by atoms with Crippen molar-refractivity contribution < 1.29 is 18.0 Å². The molecular formula is C24H25F3N6O. The van der Waals surface area contributed by atoms with Crippen LogP contribution in [0.1, 0.15) is 46.8 Å². The average Bonchev–Trinajstić information content (AvgIpc) is 3.35. The van der Waals surface area contributed by atoms with E-state index in [1.54, 1.807) is 12.3 Å². The number of hydrogen-bond acceptors (Lipinski definition) is 5. The highest BCUT2D eigenvalue weighted by molar-refractivity contribution is 5.95. The molecule has 7 nitrogen and oxygen atoms in total. The number of amides is 1. The summed E-state index contributed by atoms with van der Waals surface area (Å²) in [5.74, 6) is 0.238. The van der Waals surface area contributed by atoms with Crippen LogP contribution in [-0.4, -0.2) is 68.7 Å². The van der Waals surface area contributed by atoms with E-state index in [2.05, 4.69) is 20.0 Å². The fourth-order valence-corrected chi connectivity index (χ4v) is 4.50. The molecule has 178 valence electrons. The zero-order valence-electron chi connectivity index (χ0n) is 19.0. The Labute approximate surface area is 195 Å². The lowest BCUT2D eigenvalue weighted by Gasteiger charge is -2.20. The number of rotatable bonds is 5. The van der Waals surface area contributed by atoms with Crippen LogP contribution in [0.5, 0.6) is 0 Å². The van der Waals surface area contributed by atoms with E-state index in [4.69, 9.17) is 0 Å². The van der Waals surface area contributed by atoms with E-state index in [1.807, 2.05) is 19.0 Å². The van der Waals surface area contributed by atoms with Gasteiger partial charge in [-0.2, -0.15) is 18.3 Å². The first-order chi connectivity index (χ1) is 16.2. The SMILES string of the molecule is CN(C)[C@@H]1CCN(C(=O)c2cnn(-c3nccc(-c4ccccc4C(F)(F)F)n3)c2C2CC2)C1. The third-order valence-corrected chi connectivity index (χ3v) is 6.52. The van der Waals surface area contributed by atoms with Crippen LogP contribution in [0.25, 0.3) is 17.2 Å². The molecule has 0 bridgehead atoms. The van der Waals surface area contributed by atoms with Crippen molar-refractivity contribution in [1.82, 2.24) is 29.5 Å². The third-order valence-electron chi connectivity index (χ3n) is 6.52. The monoisotopic (exact) mass is 470 g/mol. The molecule has 1 amide bonds. The number of likely N-dealkylation sites (tertiary alicyclic amines) is 1. The van der Waals surface area contributed by atoms with Gasteiger partial charge in [-0.25, -0.2) is 14.6 Å². The molecule has 1 aliphatic heterocycles. The van der Waals surface area contributed by atoms with E-state index >= 15 is 0 Å². The third kappa shape index (κ3) is 4.18. The van der Waals surface area contributed by atoms with Crippen molar-refractivity contribution in [2.45, 2.75) is 37.4 Å². The number of benzene rings is 1. The van der Waals surface area contributed by atoms with Crippen LogP contribution in [0.2, 0.25) is 0 Å². The topological polar surface area (TPSA) is 67.2 Å².